The molecule has 9 rings (SSSR count). The Labute approximate surface area is 315 Å². The number of nitrogens with zero attached hydrogens (tertiary/aromatic N) is 7. The summed E-state index contributed by atoms with van der Waals surface area (Å²) >= 11 is 0. The molecule has 0 amide bonds. The first kappa shape index (κ1) is 33.4. The van der Waals surface area contributed by atoms with Crippen LogP contribution in [-0.4, -0.2) is 34.7 Å². The summed E-state index contributed by atoms with van der Waals surface area (Å²) in [5, 5.41) is 14.4. The molecule has 1 unspecified atom stereocenters. The molecule has 1 aliphatic heterocycles. The molecule has 0 bridgehead atoms. The third-order valence-corrected chi connectivity index (χ3v) is 10.8. The number of rotatable bonds is 8. The standard InChI is InChI=1S/C46H41N7O/c1-5-40-48-43-31(3)25-32(4)47-45(43)52(40)28-33-26-30(2)41-39(27-33)54-29-34-17-15-16-24-38(34)42(41)44-49-50-51-53(44)46(35-18-9-6-10-19-35,36-20-11-7-12-21-36)37-22-13-8-14-23-37/h6-27,42H,5,28-29H2,1-4H3. The summed E-state index contributed by atoms with van der Waals surface area (Å²) in [6.07, 6.45) is 0.807. The van der Waals surface area contributed by atoms with E-state index in [1.54, 1.807) is 0 Å². The number of benzene rings is 5. The van der Waals surface area contributed by atoms with E-state index in [0.717, 1.165) is 90.7 Å². The Morgan fingerprint density at radius 1 is 0.722 bits per heavy atom. The quantitative estimate of drug-likeness (QED) is 0.147. The van der Waals surface area contributed by atoms with Gasteiger partial charge in [-0.3, -0.25) is 0 Å². The van der Waals surface area contributed by atoms with Crippen molar-refractivity contribution in [1.29, 1.82) is 0 Å². The van der Waals surface area contributed by atoms with E-state index in [9.17, 15) is 0 Å². The van der Waals surface area contributed by atoms with Crippen LogP contribution in [0.25, 0.3) is 11.2 Å². The Kier molecular flexibility index (Phi) is 8.38. The van der Waals surface area contributed by atoms with Gasteiger partial charge >= 0.3 is 0 Å². The molecule has 0 saturated heterocycles. The molecule has 1 aliphatic rings. The summed E-state index contributed by atoms with van der Waals surface area (Å²) in [5.41, 5.74) is 11.8. The van der Waals surface area contributed by atoms with E-state index < -0.39 is 5.54 Å². The number of fused-ring (bicyclic) bond motifs is 3. The molecule has 5 aromatic carbocycles. The van der Waals surface area contributed by atoms with Crippen molar-refractivity contribution in [2.75, 3.05) is 0 Å². The smallest absolute Gasteiger partial charge is 0.165 e. The van der Waals surface area contributed by atoms with Crippen molar-refractivity contribution in [3.63, 3.8) is 0 Å². The van der Waals surface area contributed by atoms with Gasteiger partial charge in [0.25, 0.3) is 0 Å². The summed E-state index contributed by atoms with van der Waals surface area (Å²) in [6, 6.07) is 46.8. The monoisotopic (exact) mass is 707 g/mol. The average Bonchev–Trinajstić information content (AvgIpc) is 3.78. The van der Waals surface area contributed by atoms with Crippen molar-refractivity contribution >= 4 is 11.2 Å². The number of aromatic nitrogens is 7. The fourth-order valence-electron chi connectivity index (χ4n) is 8.53. The van der Waals surface area contributed by atoms with Crippen molar-refractivity contribution in [3.8, 4) is 5.75 Å². The Balaban J connectivity index is 1.27. The van der Waals surface area contributed by atoms with Gasteiger partial charge in [-0.25, -0.2) is 14.6 Å². The molecular formula is C46H41N7O. The molecule has 8 nitrogen and oxygen atoms in total. The number of aryl methyl sites for hydroxylation is 4. The Morgan fingerprint density at radius 2 is 1.35 bits per heavy atom. The third kappa shape index (κ3) is 5.40. The van der Waals surface area contributed by atoms with Crippen molar-refractivity contribution in [2.24, 2.45) is 0 Å². The number of tetrazole rings is 1. The van der Waals surface area contributed by atoms with Crippen LogP contribution < -0.4 is 4.74 Å². The van der Waals surface area contributed by atoms with Gasteiger partial charge in [-0.05, 0) is 87.8 Å². The molecule has 4 heterocycles. The van der Waals surface area contributed by atoms with E-state index in [1.165, 1.54) is 0 Å². The van der Waals surface area contributed by atoms with Gasteiger partial charge in [-0.2, -0.15) is 0 Å². The number of hydrogen-bond donors (Lipinski definition) is 0. The predicted molar refractivity (Wildman–Crippen MR) is 211 cm³/mol. The molecule has 3 aromatic heterocycles. The zero-order chi connectivity index (χ0) is 36.8. The SMILES string of the molecule is CCc1nc2c(C)cc(C)nc2n1Cc1cc(C)c2c(c1)OCc1ccccc1C2c1nnnn1C(c1ccccc1)(c1ccccc1)c1ccccc1. The van der Waals surface area contributed by atoms with Crippen LogP contribution in [0.1, 0.15) is 80.3 Å². The molecule has 0 radical (unpaired) electrons. The van der Waals surface area contributed by atoms with Crippen LogP contribution in [0.5, 0.6) is 5.75 Å². The highest BCUT2D eigenvalue weighted by molar-refractivity contribution is 5.76. The summed E-state index contributed by atoms with van der Waals surface area (Å²) in [5.74, 6) is 2.24. The lowest BCUT2D eigenvalue weighted by molar-refractivity contribution is 0.306. The molecule has 0 aliphatic carbocycles. The minimum Gasteiger partial charge on any atom is -0.489 e. The first-order chi connectivity index (χ1) is 26.5. The van der Waals surface area contributed by atoms with Gasteiger partial charge in [0.15, 0.2) is 11.5 Å². The third-order valence-electron chi connectivity index (χ3n) is 10.8. The Bertz CT molecular complexity index is 2520. The van der Waals surface area contributed by atoms with Gasteiger partial charge in [-0.1, -0.05) is 128 Å². The Morgan fingerprint density at radius 3 is 2.00 bits per heavy atom. The highest BCUT2D eigenvalue weighted by Crippen LogP contribution is 2.47. The fraction of sp³-hybridized carbons (Fsp3) is 0.196. The largest absolute Gasteiger partial charge is 0.489 e. The van der Waals surface area contributed by atoms with Crippen molar-refractivity contribution in [3.05, 3.63) is 201 Å². The topological polar surface area (TPSA) is 83.5 Å². The van der Waals surface area contributed by atoms with Gasteiger partial charge < -0.3 is 9.30 Å². The van der Waals surface area contributed by atoms with E-state index in [2.05, 4.69) is 169 Å². The maximum atomic E-state index is 6.79. The molecule has 8 aromatic rings. The molecule has 0 spiro atoms. The van der Waals surface area contributed by atoms with E-state index in [0.29, 0.717) is 13.2 Å². The van der Waals surface area contributed by atoms with Crippen molar-refractivity contribution in [1.82, 2.24) is 34.7 Å². The molecule has 0 N–H and O–H groups in total. The lowest BCUT2D eigenvalue weighted by Gasteiger charge is -2.37. The summed E-state index contributed by atoms with van der Waals surface area (Å²) in [7, 11) is 0. The molecule has 0 saturated carbocycles. The highest BCUT2D eigenvalue weighted by Gasteiger charge is 2.44. The van der Waals surface area contributed by atoms with Gasteiger partial charge in [-0.15, -0.1) is 5.10 Å². The maximum absolute atomic E-state index is 6.79. The normalized spacial score (nSPS) is 14.0. The molecule has 1 atom stereocenters. The molecule has 0 fully saturated rings. The average molecular weight is 708 g/mol. The minimum atomic E-state index is -0.888. The number of pyridine rings is 1. The second kappa shape index (κ2) is 13.5. The van der Waals surface area contributed by atoms with E-state index in [1.807, 2.05) is 6.92 Å². The second-order valence-corrected chi connectivity index (χ2v) is 14.2. The van der Waals surface area contributed by atoms with Crippen LogP contribution >= 0.6 is 0 Å². The molecule has 8 heteroatoms. The second-order valence-electron chi connectivity index (χ2n) is 14.2. The minimum absolute atomic E-state index is 0.328. The maximum Gasteiger partial charge on any atom is 0.165 e. The van der Waals surface area contributed by atoms with Gasteiger partial charge in [0.2, 0.25) is 0 Å². The zero-order valence-corrected chi connectivity index (χ0v) is 30.9. The van der Waals surface area contributed by atoms with Crippen LogP contribution in [0, 0.1) is 20.8 Å². The fourth-order valence-corrected chi connectivity index (χ4v) is 8.53. The van der Waals surface area contributed by atoms with Crippen molar-refractivity contribution in [2.45, 2.75) is 58.7 Å². The van der Waals surface area contributed by atoms with Crippen LogP contribution in [0.4, 0.5) is 0 Å². The number of ether oxygens (including phenoxy) is 1. The number of hydrogen-bond acceptors (Lipinski definition) is 6. The lowest BCUT2D eigenvalue weighted by atomic mass is 9.76. The Hall–Kier alpha value is -6.41. The summed E-state index contributed by atoms with van der Waals surface area (Å²) in [6.45, 7) is 9.54. The first-order valence-electron chi connectivity index (χ1n) is 18.6. The number of imidazole rings is 1. The van der Waals surface area contributed by atoms with E-state index in [4.69, 9.17) is 25.0 Å². The van der Waals surface area contributed by atoms with E-state index in [-0.39, 0.29) is 5.92 Å². The molecular weight excluding hydrogens is 667 g/mol. The van der Waals surface area contributed by atoms with Gasteiger partial charge in [0, 0.05) is 17.7 Å². The van der Waals surface area contributed by atoms with E-state index >= 15 is 0 Å². The predicted octanol–water partition coefficient (Wildman–Crippen LogP) is 8.87. The molecule has 54 heavy (non-hydrogen) atoms. The first-order valence-corrected chi connectivity index (χ1v) is 18.6. The van der Waals surface area contributed by atoms with Crippen LogP contribution in [0.2, 0.25) is 0 Å². The summed E-state index contributed by atoms with van der Waals surface area (Å²) in [4.78, 5) is 9.97. The highest BCUT2D eigenvalue weighted by atomic mass is 16.5. The van der Waals surface area contributed by atoms with Crippen LogP contribution in [0.3, 0.4) is 0 Å². The van der Waals surface area contributed by atoms with Gasteiger partial charge in [0.05, 0.1) is 12.5 Å². The van der Waals surface area contributed by atoms with Gasteiger partial charge in [0.1, 0.15) is 29.2 Å². The van der Waals surface area contributed by atoms with Crippen LogP contribution in [-0.2, 0) is 25.1 Å². The van der Waals surface area contributed by atoms with Crippen LogP contribution in [0.15, 0.2) is 133 Å². The van der Waals surface area contributed by atoms with Crippen molar-refractivity contribution < 1.29 is 4.74 Å². The summed E-state index contributed by atoms with van der Waals surface area (Å²) < 4.78 is 11.1. The lowest BCUT2D eigenvalue weighted by Crippen LogP contribution is -2.40. The molecule has 266 valence electrons. The zero-order valence-electron chi connectivity index (χ0n) is 30.9.